The van der Waals surface area contributed by atoms with Crippen molar-refractivity contribution in [3.63, 3.8) is 0 Å². The van der Waals surface area contributed by atoms with Gasteiger partial charge in [-0.3, -0.25) is 4.79 Å². The first kappa shape index (κ1) is 19.4. The molecule has 1 aromatic heterocycles. The Morgan fingerprint density at radius 3 is 2.86 bits per heavy atom. The van der Waals surface area contributed by atoms with Crippen LogP contribution in [0.25, 0.3) is 11.4 Å². The molecule has 0 radical (unpaired) electrons. The van der Waals surface area contributed by atoms with Gasteiger partial charge in [0.25, 0.3) is 0 Å². The van der Waals surface area contributed by atoms with E-state index in [0.717, 1.165) is 22.7 Å². The number of halogens is 1. The number of benzene rings is 2. The fourth-order valence-electron chi connectivity index (χ4n) is 3.17. The van der Waals surface area contributed by atoms with Crippen molar-refractivity contribution in [3.8, 4) is 17.1 Å². The molecule has 0 N–H and O–H groups in total. The van der Waals surface area contributed by atoms with Gasteiger partial charge in [-0.05, 0) is 49.7 Å². The van der Waals surface area contributed by atoms with Crippen LogP contribution in [0.1, 0.15) is 11.3 Å². The van der Waals surface area contributed by atoms with E-state index >= 15 is 0 Å². The van der Waals surface area contributed by atoms with E-state index in [0.29, 0.717) is 29.6 Å². The zero-order valence-corrected chi connectivity index (χ0v) is 17.0. The molecule has 0 bridgehead atoms. The van der Waals surface area contributed by atoms with Crippen LogP contribution in [0.3, 0.4) is 0 Å². The SMILES string of the molecule is Cc1ccc2c(c1)N(C(=O)CSc1cc(C)nc(-c3cccc(F)c3)n1)CCO2. The minimum absolute atomic E-state index is 0.00581. The van der Waals surface area contributed by atoms with Crippen LogP contribution < -0.4 is 9.64 Å². The number of carbonyl (C=O) groups excluding carboxylic acids is 1. The highest BCUT2D eigenvalue weighted by atomic mass is 32.2. The number of ether oxygens (including phenoxy) is 1. The molecule has 0 aliphatic carbocycles. The van der Waals surface area contributed by atoms with Crippen LogP contribution >= 0.6 is 11.8 Å². The van der Waals surface area contributed by atoms with Crippen LogP contribution in [0.5, 0.6) is 5.75 Å². The summed E-state index contributed by atoms with van der Waals surface area (Å²) >= 11 is 1.35. The van der Waals surface area contributed by atoms with E-state index in [2.05, 4.69) is 9.97 Å². The summed E-state index contributed by atoms with van der Waals surface area (Å²) in [6, 6.07) is 13.9. The zero-order chi connectivity index (χ0) is 20.4. The fraction of sp³-hybridized carbons (Fsp3) is 0.227. The number of amides is 1. The van der Waals surface area contributed by atoms with Crippen LogP contribution in [0.2, 0.25) is 0 Å². The molecule has 3 aromatic rings. The Labute approximate surface area is 172 Å². The van der Waals surface area contributed by atoms with E-state index in [1.54, 1.807) is 17.0 Å². The van der Waals surface area contributed by atoms with Gasteiger partial charge in [-0.2, -0.15) is 0 Å². The van der Waals surface area contributed by atoms with Gasteiger partial charge in [-0.15, -0.1) is 0 Å². The minimum Gasteiger partial charge on any atom is -0.490 e. The number of aryl methyl sites for hydroxylation is 2. The first-order valence-electron chi connectivity index (χ1n) is 9.28. The molecule has 0 atom stereocenters. The minimum atomic E-state index is -0.335. The van der Waals surface area contributed by atoms with Gasteiger partial charge >= 0.3 is 0 Å². The van der Waals surface area contributed by atoms with Crippen molar-refractivity contribution in [3.05, 3.63) is 65.6 Å². The second-order valence-corrected chi connectivity index (χ2v) is 7.83. The van der Waals surface area contributed by atoms with E-state index in [4.69, 9.17) is 4.74 Å². The summed E-state index contributed by atoms with van der Waals surface area (Å²) < 4.78 is 19.2. The first-order valence-corrected chi connectivity index (χ1v) is 10.3. The number of thioether (sulfide) groups is 1. The van der Waals surface area contributed by atoms with Gasteiger partial charge < -0.3 is 9.64 Å². The number of aromatic nitrogens is 2. The van der Waals surface area contributed by atoms with Crippen molar-refractivity contribution < 1.29 is 13.9 Å². The Hall–Kier alpha value is -2.93. The van der Waals surface area contributed by atoms with Crippen molar-refractivity contribution in [2.24, 2.45) is 0 Å². The lowest BCUT2D eigenvalue weighted by atomic mass is 10.1. The number of hydrogen-bond donors (Lipinski definition) is 0. The molecular formula is C22H20FN3O2S. The summed E-state index contributed by atoms with van der Waals surface area (Å²) in [6.45, 7) is 4.84. The van der Waals surface area contributed by atoms with Crippen LogP contribution in [0, 0.1) is 19.7 Å². The van der Waals surface area contributed by atoms with Crippen molar-refractivity contribution in [1.29, 1.82) is 0 Å². The number of nitrogens with zero attached hydrogens (tertiary/aromatic N) is 3. The lowest BCUT2D eigenvalue weighted by Crippen LogP contribution is -2.39. The average Bonchev–Trinajstić information content (AvgIpc) is 2.71. The van der Waals surface area contributed by atoms with E-state index in [1.165, 1.54) is 23.9 Å². The summed E-state index contributed by atoms with van der Waals surface area (Å²) in [4.78, 5) is 23.6. The fourth-order valence-corrected chi connectivity index (χ4v) is 4.00. The van der Waals surface area contributed by atoms with Gasteiger partial charge in [0, 0.05) is 11.3 Å². The van der Waals surface area contributed by atoms with Crippen LogP contribution in [0.15, 0.2) is 53.6 Å². The quantitative estimate of drug-likeness (QED) is 0.472. The van der Waals surface area contributed by atoms with Crippen LogP contribution in [0.4, 0.5) is 10.1 Å². The van der Waals surface area contributed by atoms with Crippen LogP contribution in [-0.2, 0) is 4.79 Å². The number of carbonyl (C=O) groups is 1. The van der Waals surface area contributed by atoms with Crippen LogP contribution in [-0.4, -0.2) is 34.8 Å². The molecule has 1 aliphatic rings. The highest BCUT2D eigenvalue weighted by Gasteiger charge is 2.24. The predicted octanol–water partition coefficient (Wildman–Crippen LogP) is 4.42. The van der Waals surface area contributed by atoms with E-state index in [1.807, 2.05) is 38.1 Å². The number of hydrogen-bond acceptors (Lipinski definition) is 5. The molecule has 2 aromatic carbocycles. The standard InChI is InChI=1S/C22H20FN3O2S/c1-14-6-7-19-18(10-14)26(8-9-28-19)21(27)13-29-20-11-15(2)24-22(25-20)16-4-3-5-17(23)12-16/h3-7,10-12H,8-9,13H2,1-2H3. The summed E-state index contributed by atoms with van der Waals surface area (Å²) in [5.41, 5.74) is 3.26. The summed E-state index contributed by atoms with van der Waals surface area (Å²) in [7, 11) is 0. The van der Waals surface area contributed by atoms with E-state index in [9.17, 15) is 9.18 Å². The number of anilines is 1. The van der Waals surface area contributed by atoms with E-state index in [-0.39, 0.29) is 17.5 Å². The topological polar surface area (TPSA) is 55.3 Å². The molecule has 4 rings (SSSR count). The molecule has 2 heterocycles. The Morgan fingerprint density at radius 1 is 1.17 bits per heavy atom. The monoisotopic (exact) mass is 409 g/mol. The Balaban J connectivity index is 1.51. The second-order valence-electron chi connectivity index (χ2n) is 6.84. The largest absolute Gasteiger partial charge is 0.490 e. The zero-order valence-electron chi connectivity index (χ0n) is 16.2. The molecule has 1 amide bonds. The molecule has 5 nitrogen and oxygen atoms in total. The maximum Gasteiger partial charge on any atom is 0.237 e. The van der Waals surface area contributed by atoms with Gasteiger partial charge in [0.2, 0.25) is 5.91 Å². The van der Waals surface area contributed by atoms with Crippen molar-refractivity contribution in [2.75, 3.05) is 23.8 Å². The van der Waals surface area contributed by atoms with Gasteiger partial charge in [0.15, 0.2) is 5.82 Å². The molecule has 0 saturated carbocycles. The Kier molecular flexibility index (Phi) is 5.49. The highest BCUT2D eigenvalue weighted by Crippen LogP contribution is 2.33. The molecule has 0 fully saturated rings. The van der Waals surface area contributed by atoms with Gasteiger partial charge in [-0.25, -0.2) is 14.4 Å². The molecule has 0 unspecified atom stereocenters. The lowest BCUT2D eigenvalue weighted by Gasteiger charge is -2.29. The Bertz CT molecular complexity index is 1070. The number of rotatable bonds is 4. The molecule has 7 heteroatoms. The average molecular weight is 409 g/mol. The summed E-state index contributed by atoms with van der Waals surface area (Å²) in [5, 5.41) is 0.683. The maximum absolute atomic E-state index is 13.5. The summed E-state index contributed by atoms with van der Waals surface area (Å²) in [6.07, 6.45) is 0. The Morgan fingerprint density at radius 2 is 2.03 bits per heavy atom. The normalized spacial score (nSPS) is 13.0. The van der Waals surface area contributed by atoms with Gasteiger partial charge in [0.05, 0.1) is 18.0 Å². The van der Waals surface area contributed by atoms with Gasteiger partial charge in [0.1, 0.15) is 23.2 Å². The van der Waals surface area contributed by atoms with Crippen molar-refractivity contribution in [2.45, 2.75) is 18.9 Å². The molecule has 0 spiro atoms. The first-order chi connectivity index (χ1) is 14.0. The number of fused-ring (bicyclic) bond motifs is 1. The third kappa shape index (κ3) is 4.40. The van der Waals surface area contributed by atoms with Crippen molar-refractivity contribution in [1.82, 2.24) is 9.97 Å². The molecule has 148 valence electrons. The third-order valence-corrected chi connectivity index (χ3v) is 5.43. The van der Waals surface area contributed by atoms with Crippen molar-refractivity contribution >= 4 is 23.4 Å². The molecule has 0 saturated heterocycles. The second kappa shape index (κ2) is 8.21. The molecule has 29 heavy (non-hydrogen) atoms. The smallest absolute Gasteiger partial charge is 0.237 e. The van der Waals surface area contributed by atoms with Gasteiger partial charge in [-0.1, -0.05) is 30.0 Å². The predicted molar refractivity (Wildman–Crippen MR) is 112 cm³/mol. The lowest BCUT2D eigenvalue weighted by molar-refractivity contribution is -0.116. The molecular weight excluding hydrogens is 389 g/mol. The third-order valence-electron chi connectivity index (χ3n) is 4.54. The summed E-state index contributed by atoms with van der Waals surface area (Å²) in [5.74, 6) is 1.08. The van der Waals surface area contributed by atoms with E-state index < -0.39 is 0 Å². The maximum atomic E-state index is 13.5. The molecule has 1 aliphatic heterocycles. The highest BCUT2D eigenvalue weighted by molar-refractivity contribution is 7.99.